The summed E-state index contributed by atoms with van der Waals surface area (Å²) in [6.07, 6.45) is 7.12. The number of nitrogens with zero attached hydrogens (tertiary/aromatic N) is 3. The molecule has 0 aliphatic carbocycles. The Kier molecular flexibility index (Phi) is 2.61. The predicted octanol–water partition coefficient (Wildman–Crippen LogP) is 2.73. The maximum atomic E-state index is 4.51. The third kappa shape index (κ3) is 1.78. The molecule has 0 bridgehead atoms. The first-order valence-corrected chi connectivity index (χ1v) is 5.71. The highest BCUT2D eigenvalue weighted by molar-refractivity contribution is 5.95. The van der Waals surface area contributed by atoms with Gasteiger partial charge in [-0.1, -0.05) is 18.2 Å². The molecule has 0 unspecified atom stereocenters. The molecule has 1 N–H and O–H groups in total. The number of anilines is 1. The van der Waals surface area contributed by atoms with Gasteiger partial charge in [-0.3, -0.25) is 9.97 Å². The minimum Gasteiger partial charge on any atom is -0.372 e. The van der Waals surface area contributed by atoms with E-state index >= 15 is 0 Å². The Morgan fingerprint density at radius 2 is 1.94 bits per heavy atom. The Balaban J connectivity index is 2.24. The van der Waals surface area contributed by atoms with Crippen molar-refractivity contribution in [3.63, 3.8) is 0 Å². The van der Waals surface area contributed by atoms with Gasteiger partial charge in [-0.15, -0.1) is 0 Å². The summed E-state index contributed by atoms with van der Waals surface area (Å²) < 4.78 is 0. The highest BCUT2D eigenvalue weighted by atomic mass is 15.0. The molecule has 2 aromatic heterocycles. The Morgan fingerprint density at radius 3 is 2.83 bits per heavy atom. The van der Waals surface area contributed by atoms with E-state index in [0.717, 1.165) is 27.8 Å². The van der Waals surface area contributed by atoms with Crippen molar-refractivity contribution >= 4 is 16.6 Å². The van der Waals surface area contributed by atoms with Crippen LogP contribution in [0.25, 0.3) is 22.0 Å². The molecule has 0 saturated heterocycles. The first-order valence-electron chi connectivity index (χ1n) is 5.71. The van der Waals surface area contributed by atoms with Gasteiger partial charge in [0.05, 0.1) is 18.1 Å². The maximum absolute atomic E-state index is 4.51. The van der Waals surface area contributed by atoms with Crippen molar-refractivity contribution in [1.29, 1.82) is 0 Å². The van der Waals surface area contributed by atoms with Crippen LogP contribution < -0.4 is 5.32 Å². The fraction of sp³-hybridized carbons (Fsp3) is 0.0714. The second kappa shape index (κ2) is 4.41. The average Bonchev–Trinajstić information content (AvgIpc) is 2.47. The summed E-state index contributed by atoms with van der Waals surface area (Å²) in [5.41, 5.74) is 1.89. The number of nitrogens with one attached hydrogen (secondary N) is 1. The fourth-order valence-electron chi connectivity index (χ4n) is 1.95. The summed E-state index contributed by atoms with van der Waals surface area (Å²) in [6.45, 7) is 0. The van der Waals surface area contributed by atoms with Gasteiger partial charge < -0.3 is 5.32 Å². The van der Waals surface area contributed by atoms with Gasteiger partial charge in [0.1, 0.15) is 5.82 Å². The molecule has 0 aliphatic heterocycles. The van der Waals surface area contributed by atoms with Crippen LogP contribution in [0.3, 0.4) is 0 Å². The van der Waals surface area contributed by atoms with E-state index in [4.69, 9.17) is 0 Å². The topological polar surface area (TPSA) is 50.7 Å². The molecule has 4 heteroatoms. The molecular weight excluding hydrogens is 224 g/mol. The Morgan fingerprint density at radius 1 is 1.00 bits per heavy atom. The molecule has 4 nitrogen and oxygen atoms in total. The minimum atomic E-state index is 0.758. The lowest BCUT2D eigenvalue weighted by Gasteiger charge is -2.06. The molecule has 0 fully saturated rings. The molecule has 0 spiro atoms. The van der Waals surface area contributed by atoms with E-state index in [1.54, 1.807) is 18.6 Å². The molecule has 1 aromatic carbocycles. The van der Waals surface area contributed by atoms with E-state index in [2.05, 4.69) is 26.3 Å². The predicted molar refractivity (Wildman–Crippen MR) is 72.3 cm³/mol. The maximum Gasteiger partial charge on any atom is 0.144 e. The fourth-order valence-corrected chi connectivity index (χ4v) is 1.95. The molecule has 88 valence electrons. The zero-order valence-electron chi connectivity index (χ0n) is 9.96. The number of pyridine rings is 1. The van der Waals surface area contributed by atoms with E-state index in [-0.39, 0.29) is 0 Å². The molecular formula is C14H12N4. The zero-order valence-corrected chi connectivity index (χ0v) is 9.96. The number of hydrogen-bond acceptors (Lipinski definition) is 4. The monoisotopic (exact) mass is 236 g/mol. The van der Waals surface area contributed by atoms with E-state index < -0.39 is 0 Å². The molecule has 0 amide bonds. The van der Waals surface area contributed by atoms with Gasteiger partial charge in [0.25, 0.3) is 0 Å². The number of hydrogen-bond donors (Lipinski definition) is 1. The molecule has 3 rings (SSSR count). The van der Waals surface area contributed by atoms with E-state index in [1.165, 1.54) is 0 Å². The van der Waals surface area contributed by atoms with Crippen molar-refractivity contribution in [2.24, 2.45) is 0 Å². The summed E-state index contributed by atoms with van der Waals surface area (Å²) in [7, 11) is 1.83. The van der Waals surface area contributed by atoms with Crippen molar-refractivity contribution < 1.29 is 0 Å². The van der Waals surface area contributed by atoms with Crippen LogP contribution in [0.2, 0.25) is 0 Å². The van der Waals surface area contributed by atoms with Crippen LogP contribution in [0.5, 0.6) is 0 Å². The largest absolute Gasteiger partial charge is 0.372 e. The normalized spacial score (nSPS) is 10.5. The average molecular weight is 236 g/mol. The van der Waals surface area contributed by atoms with Crippen LogP contribution in [0.4, 0.5) is 5.82 Å². The highest BCUT2D eigenvalue weighted by Gasteiger charge is 2.05. The molecule has 0 saturated carbocycles. The highest BCUT2D eigenvalue weighted by Crippen LogP contribution is 2.26. The SMILES string of the molecule is CNc1cncc(-c2cccc3ccncc23)n1. The summed E-state index contributed by atoms with van der Waals surface area (Å²) in [5, 5.41) is 5.23. The lowest BCUT2D eigenvalue weighted by atomic mass is 10.0. The molecule has 2 heterocycles. The van der Waals surface area contributed by atoms with Crippen molar-refractivity contribution in [3.8, 4) is 11.3 Å². The summed E-state index contributed by atoms with van der Waals surface area (Å²) >= 11 is 0. The molecule has 0 atom stereocenters. The number of aromatic nitrogens is 3. The zero-order chi connectivity index (χ0) is 12.4. The summed E-state index contributed by atoms with van der Waals surface area (Å²) in [6, 6.07) is 8.11. The van der Waals surface area contributed by atoms with E-state index in [0.29, 0.717) is 0 Å². The molecule has 3 aromatic rings. The summed E-state index contributed by atoms with van der Waals surface area (Å²) in [5.74, 6) is 0.758. The smallest absolute Gasteiger partial charge is 0.144 e. The van der Waals surface area contributed by atoms with Gasteiger partial charge in [-0.2, -0.15) is 0 Å². The molecule has 18 heavy (non-hydrogen) atoms. The van der Waals surface area contributed by atoms with E-state index in [1.807, 2.05) is 31.4 Å². The molecule has 0 aliphatic rings. The van der Waals surface area contributed by atoms with Crippen LogP contribution in [0.1, 0.15) is 0 Å². The Hall–Kier alpha value is -2.49. The van der Waals surface area contributed by atoms with Gasteiger partial charge >= 0.3 is 0 Å². The third-order valence-corrected chi connectivity index (χ3v) is 2.85. The van der Waals surface area contributed by atoms with Gasteiger partial charge in [-0.05, 0) is 11.5 Å². The lowest BCUT2D eigenvalue weighted by molar-refractivity contribution is 1.19. The third-order valence-electron chi connectivity index (χ3n) is 2.85. The van der Waals surface area contributed by atoms with Crippen molar-refractivity contribution in [3.05, 3.63) is 49.1 Å². The minimum absolute atomic E-state index is 0.758. The van der Waals surface area contributed by atoms with Crippen LogP contribution in [0.15, 0.2) is 49.1 Å². The van der Waals surface area contributed by atoms with Crippen LogP contribution in [-0.2, 0) is 0 Å². The molecule has 0 radical (unpaired) electrons. The second-order valence-electron chi connectivity index (χ2n) is 3.94. The quantitative estimate of drug-likeness (QED) is 0.743. The van der Waals surface area contributed by atoms with Crippen molar-refractivity contribution in [2.75, 3.05) is 12.4 Å². The van der Waals surface area contributed by atoms with Crippen LogP contribution >= 0.6 is 0 Å². The van der Waals surface area contributed by atoms with Crippen molar-refractivity contribution in [2.45, 2.75) is 0 Å². The first-order chi connectivity index (χ1) is 8.88. The van der Waals surface area contributed by atoms with Crippen LogP contribution in [-0.4, -0.2) is 22.0 Å². The van der Waals surface area contributed by atoms with Crippen LogP contribution in [0, 0.1) is 0 Å². The number of rotatable bonds is 2. The van der Waals surface area contributed by atoms with Gasteiger partial charge in [0.2, 0.25) is 0 Å². The van der Waals surface area contributed by atoms with E-state index in [9.17, 15) is 0 Å². The second-order valence-corrected chi connectivity index (χ2v) is 3.94. The number of fused-ring (bicyclic) bond motifs is 1. The Bertz CT molecular complexity index is 689. The van der Waals surface area contributed by atoms with Gasteiger partial charge in [0, 0.05) is 30.4 Å². The van der Waals surface area contributed by atoms with Crippen molar-refractivity contribution in [1.82, 2.24) is 15.0 Å². The number of benzene rings is 1. The standard InChI is InChI=1S/C14H12N4/c1-15-14-9-17-8-13(18-14)11-4-2-3-10-5-6-16-7-12(10)11/h2-9H,1H3,(H,15,18). The van der Waals surface area contributed by atoms with Gasteiger partial charge in [-0.25, -0.2) is 4.98 Å². The first kappa shape index (κ1) is 10.7. The summed E-state index contributed by atoms with van der Waals surface area (Å²) in [4.78, 5) is 12.9. The Labute approximate surface area is 105 Å². The lowest BCUT2D eigenvalue weighted by Crippen LogP contribution is -1.95. The van der Waals surface area contributed by atoms with Gasteiger partial charge in [0.15, 0.2) is 0 Å².